The summed E-state index contributed by atoms with van der Waals surface area (Å²) in [5, 5.41) is 0. The molecule has 0 heterocycles. The molecule has 4 nitrogen and oxygen atoms in total. The molecule has 0 aliphatic heterocycles. The number of nitrogens with zero attached hydrogens (tertiary/aromatic N) is 1. The van der Waals surface area contributed by atoms with Gasteiger partial charge in [-0.15, -0.1) is 0 Å². The molecular weight excluding hydrogens is 216 g/mol. The van der Waals surface area contributed by atoms with E-state index in [-0.39, 0.29) is 11.9 Å². The summed E-state index contributed by atoms with van der Waals surface area (Å²) in [7, 11) is 3.40. The Labute approximate surface area is 102 Å². The van der Waals surface area contributed by atoms with Gasteiger partial charge in [-0.2, -0.15) is 0 Å². The fourth-order valence-electron chi connectivity index (χ4n) is 1.63. The Morgan fingerprint density at radius 1 is 1.53 bits per heavy atom. The molecule has 2 N–H and O–H groups in total. The molecule has 1 amide bonds. The van der Waals surface area contributed by atoms with Crippen LogP contribution in [0.2, 0.25) is 0 Å². The summed E-state index contributed by atoms with van der Waals surface area (Å²) >= 11 is 0. The van der Waals surface area contributed by atoms with Gasteiger partial charge in [0.15, 0.2) is 0 Å². The van der Waals surface area contributed by atoms with Gasteiger partial charge >= 0.3 is 0 Å². The van der Waals surface area contributed by atoms with E-state index in [0.717, 1.165) is 5.56 Å². The first-order valence-corrected chi connectivity index (χ1v) is 5.60. The van der Waals surface area contributed by atoms with Gasteiger partial charge in [0, 0.05) is 25.4 Å². The van der Waals surface area contributed by atoms with Crippen LogP contribution in [0, 0.1) is 6.92 Å². The lowest BCUT2D eigenvalue weighted by atomic mass is 10.1. The van der Waals surface area contributed by atoms with Gasteiger partial charge in [-0.05, 0) is 31.5 Å². The van der Waals surface area contributed by atoms with Crippen molar-refractivity contribution < 1.29 is 9.53 Å². The monoisotopic (exact) mass is 236 g/mol. The van der Waals surface area contributed by atoms with E-state index in [2.05, 4.69) is 0 Å². The lowest BCUT2D eigenvalue weighted by Gasteiger charge is -2.25. The molecule has 1 atom stereocenters. The summed E-state index contributed by atoms with van der Waals surface area (Å²) in [5.41, 5.74) is 7.92. The van der Waals surface area contributed by atoms with E-state index in [1.54, 1.807) is 37.3 Å². The van der Waals surface area contributed by atoms with Crippen molar-refractivity contribution in [2.45, 2.75) is 19.9 Å². The number of carbonyl (C=O) groups is 1. The molecule has 0 fully saturated rings. The molecule has 4 heteroatoms. The van der Waals surface area contributed by atoms with Crippen molar-refractivity contribution in [2.24, 2.45) is 0 Å². The van der Waals surface area contributed by atoms with E-state index in [9.17, 15) is 4.79 Å². The minimum atomic E-state index is -0.0284. The van der Waals surface area contributed by atoms with E-state index in [1.807, 2.05) is 13.8 Å². The summed E-state index contributed by atoms with van der Waals surface area (Å²) < 4.78 is 5.05. The Morgan fingerprint density at radius 2 is 2.18 bits per heavy atom. The molecule has 0 bridgehead atoms. The Hall–Kier alpha value is -1.55. The number of carbonyl (C=O) groups excluding carboxylic acids is 1. The highest BCUT2D eigenvalue weighted by molar-refractivity contribution is 5.96. The quantitative estimate of drug-likeness (QED) is 0.809. The Balaban J connectivity index is 2.93. The van der Waals surface area contributed by atoms with Crippen LogP contribution < -0.4 is 5.73 Å². The van der Waals surface area contributed by atoms with Crippen LogP contribution in [0.25, 0.3) is 0 Å². The van der Waals surface area contributed by atoms with Gasteiger partial charge in [-0.25, -0.2) is 0 Å². The zero-order valence-corrected chi connectivity index (χ0v) is 10.9. The van der Waals surface area contributed by atoms with E-state index in [1.165, 1.54) is 0 Å². The highest BCUT2D eigenvalue weighted by Gasteiger charge is 2.19. The maximum absolute atomic E-state index is 12.2. The maximum Gasteiger partial charge on any atom is 0.254 e. The van der Waals surface area contributed by atoms with Crippen LogP contribution in [-0.4, -0.2) is 37.6 Å². The molecule has 0 aromatic heterocycles. The predicted molar refractivity (Wildman–Crippen MR) is 69.0 cm³/mol. The fraction of sp³-hybridized carbons (Fsp3) is 0.462. The van der Waals surface area contributed by atoms with Gasteiger partial charge in [0.05, 0.1) is 12.6 Å². The van der Waals surface area contributed by atoms with Gasteiger partial charge in [-0.3, -0.25) is 4.79 Å². The van der Waals surface area contributed by atoms with Crippen LogP contribution >= 0.6 is 0 Å². The zero-order valence-electron chi connectivity index (χ0n) is 10.9. The molecule has 1 aromatic carbocycles. The van der Waals surface area contributed by atoms with Gasteiger partial charge in [0.25, 0.3) is 5.91 Å². The average Bonchev–Trinajstić information content (AvgIpc) is 2.31. The van der Waals surface area contributed by atoms with Crippen molar-refractivity contribution in [1.82, 2.24) is 4.90 Å². The lowest BCUT2D eigenvalue weighted by molar-refractivity contribution is 0.0633. The fourth-order valence-corrected chi connectivity index (χ4v) is 1.63. The third-order valence-electron chi connectivity index (χ3n) is 3.00. The second-order valence-corrected chi connectivity index (χ2v) is 4.24. The van der Waals surface area contributed by atoms with E-state index in [4.69, 9.17) is 10.5 Å². The topological polar surface area (TPSA) is 55.6 Å². The first-order valence-electron chi connectivity index (χ1n) is 5.60. The molecule has 1 unspecified atom stereocenters. The number of likely N-dealkylation sites (N-methyl/N-ethyl adjacent to an activating group) is 1. The number of hydrogen-bond acceptors (Lipinski definition) is 3. The number of nitrogen functional groups attached to an aromatic ring is 1. The number of ether oxygens (including phenoxy) is 1. The van der Waals surface area contributed by atoms with Crippen molar-refractivity contribution >= 4 is 11.6 Å². The van der Waals surface area contributed by atoms with E-state index < -0.39 is 0 Å². The van der Waals surface area contributed by atoms with Gasteiger partial charge < -0.3 is 15.4 Å². The number of rotatable bonds is 4. The van der Waals surface area contributed by atoms with Gasteiger partial charge in [0.1, 0.15) is 0 Å². The van der Waals surface area contributed by atoms with Crippen LogP contribution in [-0.2, 0) is 4.74 Å². The summed E-state index contributed by atoms with van der Waals surface area (Å²) in [6.45, 7) is 4.32. The van der Waals surface area contributed by atoms with E-state index in [0.29, 0.717) is 17.9 Å². The summed E-state index contributed by atoms with van der Waals surface area (Å²) in [4.78, 5) is 13.9. The second kappa shape index (κ2) is 5.68. The van der Waals surface area contributed by atoms with Crippen LogP contribution in [0.1, 0.15) is 22.8 Å². The zero-order chi connectivity index (χ0) is 13.0. The highest BCUT2D eigenvalue weighted by Crippen LogP contribution is 2.17. The molecule has 94 valence electrons. The first-order chi connectivity index (χ1) is 7.99. The van der Waals surface area contributed by atoms with Gasteiger partial charge in [-0.1, -0.05) is 6.07 Å². The summed E-state index contributed by atoms with van der Waals surface area (Å²) in [6.07, 6.45) is 0. The Morgan fingerprint density at radius 3 is 2.76 bits per heavy atom. The molecule has 1 aromatic rings. The number of amides is 1. The number of hydrogen-bond donors (Lipinski definition) is 1. The average molecular weight is 236 g/mol. The molecule has 0 aliphatic carbocycles. The normalized spacial score (nSPS) is 12.2. The third-order valence-corrected chi connectivity index (χ3v) is 3.00. The maximum atomic E-state index is 12.2. The molecule has 0 saturated heterocycles. The van der Waals surface area contributed by atoms with Crippen molar-refractivity contribution in [2.75, 3.05) is 26.5 Å². The SMILES string of the molecule is COCC(C)N(C)C(=O)c1cccc(N)c1C. The lowest BCUT2D eigenvalue weighted by Crippen LogP contribution is -2.38. The number of nitrogens with two attached hydrogens (primary N) is 1. The smallest absolute Gasteiger partial charge is 0.254 e. The molecule has 0 radical (unpaired) electrons. The number of anilines is 1. The highest BCUT2D eigenvalue weighted by atomic mass is 16.5. The minimum Gasteiger partial charge on any atom is -0.398 e. The second-order valence-electron chi connectivity index (χ2n) is 4.24. The largest absolute Gasteiger partial charge is 0.398 e. The number of benzene rings is 1. The molecule has 0 aliphatic rings. The van der Waals surface area contributed by atoms with Crippen LogP contribution in [0.3, 0.4) is 0 Å². The van der Waals surface area contributed by atoms with Crippen molar-refractivity contribution in [3.63, 3.8) is 0 Å². The van der Waals surface area contributed by atoms with Crippen LogP contribution in [0.4, 0.5) is 5.69 Å². The number of methoxy groups -OCH3 is 1. The molecule has 0 saturated carbocycles. The van der Waals surface area contributed by atoms with Crippen molar-refractivity contribution in [3.8, 4) is 0 Å². The minimum absolute atomic E-state index is 0.0284. The van der Waals surface area contributed by atoms with Crippen LogP contribution in [0.15, 0.2) is 18.2 Å². The molecule has 1 rings (SSSR count). The first kappa shape index (κ1) is 13.5. The standard InChI is InChI=1S/C13H20N2O2/c1-9(8-17-4)15(3)13(16)11-6-5-7-12(14)10(11)2/h5-7,9H,8,14H2,1-4H3. The van der Waals surface area contributed by atoms with Gasteiger partial charge in [0.2, 0.25) is 0 Å². The summed E-state index contributed by atoms with van der Waals surface area (Å²) in [5.74, 6) is -0.0284. The molecular formula is C13H20N2O2. The predicted octanol–water partition coefficient (Wildman–Crippen LogP) is 1.68. The summed E-state index contributed by atoms with van der Waals surface area (Å²) in [6, 6.07) is 5.42. The van der Waals surface area contributed by atoms with Crippen molar-refractivity contribution in [3.05, 3.63) is 29.3 Å². The Kier molecular flexibility index (Phi) is 4.52. The Bertz CT molecular complexity index is 404. The van der Waals surface area contributed by atoms with Crippen molar-refractivity contribution in [1.29, 1.82) is 0 Å². The third kappa shape index (κ3) is 2.97. The van der Waals surface area contributed by atoms with E-state index >= 15 is 0 Å². The molecule has 0 spiro atoms. The molecule has 17 heavy (non-hydrogen) atoms. The van der Waals surface area contributed by atoms with Crippen LogP contribution in [0.5, 0.6) is 0 Å².